The maximum Gasteiger partial charge on any atom is 0.299 e. The van der Waals surface area contributed by atoms with Crippen molar-refractivity contribution in [1.29, 1.82) is 0 Å². The maximum atomic E-state index is 11.8. The monoisotopic (exact) mass is 259 g/mol. The predicted molar refractivity (Wildman–Crippen MR) is 63.7 cm³/mol. The Kier molecular flexibility index (Phi) is 3.53. The summed E-state index contributed by atoms with van der Waals surface area (Å²) in [4.78, 5) is 0.201. The lowest BCUT2D eigenvalue weighted by atomic mass is 10.2. The lowest BCUT2D eigenvalue weighted by Gasteiger charge is -2.11. The van der Waals surface area contributed by atoms with Gasteiger partial charge in [-0.1, -0.05) is 17.7 Å². The molecular weight excluding hydrogens is 246 g/mol. The minimum absolute atomic E-state index is 0.201. The van der Waals surface area contributed by atoms with Crippen LogP contribution in [-0.2, 0) is 14.3 Å². The molecule has 0 saturated carbocycles. The van der Waals surface area contributed by atoms with Crippen LogP contribution in [0.1, 0.15) is 5.56 Å². The number of nitrogens with one attached hydrogen (secondary N) is 1. The molecule has 1 saturated heterocycles. The lowest BCUT2D eigenvalue weighted by Crippen LogP contribution is -2.25. The third-order valence-corrected chi connectivity index (χ3v) is 4.63. The molecule has 0 bridgehead atoms. The topological polar surface area (TPSA) is 55.4 Å². The van der Waals surface area contributed by atoms with Crippen molar-refractivity contribution in [3.05, 3.63) is 29.8 Å². The van der Waals surface area contributed by atoms with Crippen LogP contribution in [0.3, 0.4) is 0 Å². The summed E-state index contributed by atoms with van der Waals surface area (Å²) in [5.41, 5.74) is 0.568. The van der Waals surface area contributed by atoms with E-state index in [0.717, 1.165) is 17.9 Å². The van der Waals surface area contributed by atoms with Crippen molar-refractivity contribution in [3.63, 3.8) is 0 Å². The zero-order valence-corrected chi connectivity index (χ0v) is 10.5. The van der Waals surface area contributed by atoms with Gasteiger partial charge in [0.2, 0.25) is 0 Å². The minimum Gasteiger partial charge on any atom is -0.281 e. The summed E-state index contributed by atoms with van der Waals surface area (Å²) in [6.45, 7) is 2.68. The molecule has 1 N–H and O–H groups in total. The first-order valence-electron chi connectivity index (χ1n) is 4.93. The van der Waals surface area contributed by atoms with Gasteiger partial charge in [-0.15, -0.1) is 11.8 Å². The van der Waals surface area contributed by atoms with Gasteiger partial charge in [0.1, 0.15) is 0 Å². The molecule has 2 rings (SSSR count). The summed E-state index contributed by atoms with van der Waals surface area (Å²) >= 11 is 1.45. The molecule has 1 fully saturated rings. The highest BCUT2D eigenvalue weighted by Crippen LogP contribution is 2.21. The Balaban J connectivity index is 2.14. The zero-order chi connectivity index (χ0) is 11.6. The molecule has 1 atom stereocenters. The zero-order valence-electron chi connectivity index (χ0n) is 8.84. The Morgan fingerprint density at radius 1 is 1.38 bits per heavy atom. The molecule has 0 amide bonds. The van der Waals surface area contributed by atoms with Gasteiger partial charge in [-0.05, 0) is 19.1 Å². The van der Waals surface area contributed by atoms with Crippen LogP contribution in [0.15, 0.2) is 29.2 Å². The molecule has 6 heteroatoms. The molecule has 1 aliphatic rings. The molecule has 0 radical (unpaired) electrons. The van der Waals surface area contributed by atoms with Gasteiger partial charge in [-0.25, -0.2) is 4.18 Å². The van der Waals surface area contributed by atoms with Crippen molar-refractivity contribution in [2.45, 2.75) is 17.4 Å². The summed E-state index contributed by atoms with van der Waals surface area (Å²) in [5, 5.41) is 2.96. The quantitative estimate of drug-likeness (QED) is 0.830. The number of thioether (sulfide) groups is 1. The molecule has 1 unspecified atom stereocenters. The van der Waals surface area contributed by atoms with Gasteiger partial charge in [0.15, 0.2) is 5.56 Å². The molecule has 0 aromatic heterocycles. The van der Waals surface area contributed by atoms with Crippen LogP contribution in [0.25, 0.3) is 0 Å². The first-order valence-corrected chi connectivity index (χ1v) is 7.38. The van der Waals surface area contributed by atoms with Gasteiger partial charge in [-0.2, -0.15) is 8.42 Å². The van der Waals surface area contributed by atoms with E-state index in [1.165, 1.54) is 11.8 Å². The van der Waals surface area contributed by atoms with Crippen LogP contribution >= 0.6 is 11.8 Å². The van der Waals surface area contributed by atoms with Gasteiger partial charge in [-0.3, -0.25) is 5.32 Å². The van der Waals surface area contributed by atoms with E-state index in [0.29, 0.717) is 0 Å². The van der Waals surface area contributed by atoms with Gasteiger partial charge < -0.3 is 0 Å². The average molecular weight is 259 g/mol. The molecular formula is C10H13NO3S2. The largest absolute Gasteiger partial charge is 0.299 e. The van der Waals surface area contributed by atoms with Crippen LogP contribution in [0.4, 0.5) is 0 Å². The highest BCUT2D eigenvalue weighted by Gasteiger charge is 2.24. The fourth-order valence-electron chi connectivity index (χ4n) is 1.34. The van der Waals surface area contributed by atoms with Crippen LogP contribution in [0.2, 0.25) is 0 Å². The Morgan fingerprint density at radius 2 is 2.06 bits per heavy atom. The highest BCUT2D eigenvalue weighted by atomic mass is 32.2. The smallest absolute Gasteiger partial charge is 0.281 e. The summed E-state index contributed by atoms with van der Waals surface area (Å²) in [5.74, 6) is 0.869. The molecule has 1 heterocycles. The summed E-state index contributed by atoms with van der Waals surface area (Å²) < 4.78 is 28.7. The summed E-state index contributed by atoms with van der Waals surface area (Å²) in [6.07, 6.45) is 0. The lowest BCUT2D eigenvalue weighted by molar-refractivity contribution is 0.266. The molecule has 16 heavy (non-hydrogen) atoms. The van der Waals surface area contributed by atoms with Gasteiger partial charge >= 0.3 is 0 Å². The second-order valence-corrected chi connectivity index (χ2v) is 6.26. The van der Waals surface area contributed by atoms with Crippen molar-refractivity contribution in [1.82, 2.24) is 5.32 Å². The Bertz CT molecular complexity index is 449. The number of aryl methyl sites for hydroxylation is 1. The van der Waals surface area contributed by atoms with Gasteiger partial charge in [0.05, 0.1) is 4.90 Å². The van der Waals surface area contributed by atoms with E-state index in [1.807, 2.05) is 6.92 Å². The third-order valence-electron chi connectivity index (χ3n) is 2.21. The number of benzene rings is 1. The second kappa shape index (κ2) is 4.75. The van der Waals surface area contributed by atoms with Crippen molar-refractivity contribution in [2.75, 3.05) is 12.3 Å². The van der Waals surface area contributed by atoms with Crippen LogP contribution < -0.4 is 5.32 Å². The fraction of sp³-hybridized carbons (Fsp3) is 0.400. The Morgan fingerprint density at radius 3 is 2.62 bits per heavy atom. The average Bonchev–Trinajstić information content (AvgIpc) is 2.70. The Labute approximate surface area is 99.5 Å². The van der Waals surface area contributed by atoms with Crippen LogP contribution in [-0.4, -0.2) is 26.3 Å². The highest BCUT2D eigenvalue weighted by molar-refractivity contribution is 8.00. The van der Waals surface area contributed by atoms with E-state index in [9.17, 15) is 8.42 Å². The summed E-state index contributed by atoms with van der Waals surface area (Å²) in [7, 11) is -3.64. The van der Waals surface area contributed by atoms with E-state index in [4.69, 9.17) is 4.18 Å². The van der Waals surface area contributed by atoms with Crippen molar-refractivity contribution in [3.8, 4) is 0 Å². The van der Waals surface area contributed by atoms with Crippen molar-refractivity contribution in [2.24, 2.45) is 0 Å². The fourth-order valence-corrected chi connectivity index (χ4v) is 3.44. The van der Waals surface area contributed by atoms with E-state index in [-0.39, 0.29) is 4.90 Å². The van der Waals surface area contributed by atoms with Gasteiger partial charge in [0, 0.05) is 12.3 Å². The SMILES string of the molecule is Cc1ccc(S(=O)(=O)OC2NCCS2)cc1. The molecule has 1 aromatic carbocycles. The normalized spacial score (nSPS) is 21.2. The predicted octanol–water partition coefficient (Wildman–Crippen LogP) is 1.32. The second-order valence-electron chi connectivity index (χ2n) is 3.52. The molecule has 4 nitrogen and oxygen atoms in total. The molecule has 88 valence electrons. The first-order chi connectivity index (χ1) is 7.58. The number of hydrogen-bond acceptors (Lipinski definition) is 5. The van der Waals surface area contributed by atoms with Crippen LogP contribution in [0, 0.1) is 6.92 Å². The molecule has 1 aliphatic heterocycles. The van der Waals surface area contributed by atoms with Crippen molar-refractivity contribution < 1.29 is 12.6 Å². The molecule has 1 aromatic rings. The van der Waals surface area contributed by atoms with E-state index in [1.54, 1.807) is 24.3 Å². The van der Waals surface area contributed by atoms with E-state index >= 15 is 0 Å². The first kappa shape index (κ1) is 11.9. The minimum atomic E-state index is -3.64. The number of hydrogen-bond donors (Lipinski definition) is 1. The van der Waals surface area contributed by atoms with Crippen molar-refractivity contribution >= 4 is 21.9 Å². The third kappa shape index (κ3) is 2.76. The molecule has 0 aliphatic carbocycles. The standard InChI is InChI=1S/C10H13NO3S2/c1-8-2-4-9(5-3-8)16(12,13)14-10-11-6-7-15-10/h2-5,10-11H,6-7H2,1H3. The molecule has 0 spiro atoms. The van der Waals surface area contributed by atoms with Crippen LogP contribution in [0.5, 0.6) is 0 Å². The van der Waals surface area contributed by atoms with Gasteiger partial charge in [0.25, 0.3) is 10.1 Å². The van der Waals surface area contributed by atoms with E-state index < -0.39 is 15.7 Å². The number of rotatable bonds is 3. The van der Waals surface area contributed by atoms with E-state index in [2.05, 4.69) is 5.32 Å². The maximum absolute atomic E-state index is 11.8. The summed E-state index contributed by atoms with van der Waals surface area (Å²) in [6, 6.07) is 6.63. The Hall–Kier alpha value is -0.560.